The quantitative estimate of drug-likeness (QED) is 0.618. The molecule has 30 heavy (non-hydrogen) atoms. The Morgan fingerprint density at radius 3 is 2.50 bits per heavy atom. The van der Waals surface area contributed by atoms with Gasteiger partial charge in [-0.25, -0.2) is 8.42 Å². The van der Waals surface area contributed by atoms with Gasteiger partial charge < -0.3 is 14.6 Å². The number of pyridine rings is 1. The number of anilines is 1. The highest BCUT2D eigenvalue weighted by atomic mass is 32.2. The summed E-state index contributed by atoms with van der Waals surface area (Å²) in [7, 11) is -3.73. The Bertz CT molecular complexity index is 1030. The van der Waals surface area contributed by atoms with Crippen LogP contribution in [-0.4, -0.2) is 42.4 Å². The van der Waals surface area contributed by atoms with Crippen molar-refractivity contribution in [2.75, 3.05) is 18.4 Å². The van der Waals surface area contributed by atoms with Gasteiger partial charge in [-0.05, 0) is 37.6 Å². The molecule has 0 saturated carbocycles. The number of nitrogens with zero attached hydrogens (tertiary/aromatic N) is 2. The summed E-state index contributed by atoms with van der Waals surface area (Å²) < 4.78 is 33.3. The number of carbonyl (C=O) groups is 1. The molecule has 9 heteroatoms. The van der Waals surface area contributed by atoms with Gasteiger partial charge in [0.1, 0.15) is 6.54 Å². The first kappa shape index (κ1) is 23.8. The maximum atomic E-state index is 12.7. The summed E-state index contributed by atoms with van der Waals surface area (Å²) in [5.41, 5.74) is 1.03. The Labute approximate surface area is 177 Å². The van der Waals surface area contributed by atoms with Crippen molar-refractivity contribution in [3.05, 3.63) is 58.5 Å². The number of nitrogens with one attached hydrogen (secondary N) is 1. The van der Waals surface area contributed by atoms with E-state index in [0.717, 1.165) is 16.2 Å². The molecule has 0 spiro atoms. The first-order valence-electron chi connectivity index (χ1n) is 9.88. The monoisotopic (exact) mass is 435 g/mol. The molecule has 0 unspecified atom stereocenters. The van der Waals surface area contributed by atoms with Crippen LogP contribution in [0.25, 0.3) is 0 Å². The molecule has 1 aromatic carbocycles. The lowest BCUT2D eigenvalue weighted by atomic mass is 10.2. The zero-order valence-electron chi connectivity index (χ0n) is 17.8. The van der Waals surface area contributed by atoms with Gasteiger partial charge in [0, 0.05) is 31.0 Å². The average Bonchev–Trinajstić information content (AvgIpc) is 2.69. The Morgan fingerprint density at radius 1 is 1.17 bits per heavy atom. The number of amides is 1. The molecule has 2 aromatic rings. The van der Waals surface area contributed by atoms with Crippen LogP contribution >= 0.6 is 0 Å². The zero-order chi connectivity index (χ0) is 22.3. The number of hydrogen-bond donors (Lipinski definition) is 1. The summed E-state index contributed by atoms with van der Waals surface area (Å²) in [6.07, 6.45) is 1.30. The minimum absolute atomic E-state index is 0.0218. The second kappa shape index (κ2) is 10.5. The lowest BCUT2D eigenvalue weighted by molar-refractivity contribution is -0.116. The minimum atomic E-state index is -3.73. The van der Waals surface area contributed by atoms with Gasteiger partial charge in [-0.15, -0.1) is 0 Å². The van der Waals surface area contributed by atoms with Gasteiger partial charge in [0.2, 0.25) is 15.9 Å². The predicted octanol–water partition coefficient (Wildman–Crippen LogP) is 2.44. The largest absolute Gasteiger partial charge is 0.374 e. The summed E-state index contributed by atoms with van der Waals surface area (Å²) in [6, 6.07) is 9.66. The summed E-state index contributed by atoms with van der Waals surface area (Å²) >= 11 is 0. The van der Waals surface area contributed by atoms with Crippen molar-refractivity contribution in [3.8, 4) is 0 Å². The van der Waals surface area contributed by atoms with E-state index >= 15 is 0 Å². The van der Waals surface area contributed by atoms with E-state index in [1.807, 2.05) is 19.9 Å². The summed E-state index contributed by atoms with van der Waals surface area (Å²) in [4.78, 5) is 24.6. The van der Waals surface area contributed by atoms with E-state index in [-0.39, 0.29) is 17.5 Å². The molecule has 1 aromatic heterocycles. The molecule has 0 aliphatic heterocycles. The highest BCUT2D eigenvalue weighted by molar-refractivity contribution is 7.89. The molecule has 164 valence electrons. The topological polar surface area (TPSA) is 97.7 Å². The lowest BCUT2D eigenvalue weighted by Gasteiger charge is -2.19. The smallest absolute Gasteiger partial charge is 0.251 e. The van der Waals surface area contributed by atoms with Gasteiger partial charge >= 0.3 is 0 Å². The first-order valence-corrected chi connectivity index (χ1v) is 11.3. The van der Waals surface area contributed by atoms with Crippen molar-refractivity contribution >= 4 is 21.6 Å². The molecule has 8 nitrogen and oxygen atoms in total. The van der Waals surface area contributed by atoms with Gasteiger partial charge in [0.05, 0.1) is 17.6 Å². The van der Waals surface area contributed by atoms with Crippen LogP contribution < -0.4 is 10.9 Å². The summed E-state index contributed by atoms with van der Waals surface area (Å²) in [5.74, 6) is -0.434. The molecule has 0 fully saturated rings. The van der Waals surface area contributed by atoms with Crippen LogP contribution in [0, 0.1) is 0 Å². The third-order valence-corrected chi connectivity index (χ3v) is 6.44. The van der Waals surface area contributed by atoms with Crippen LogP contribution in [0.1, 0.15) is 33.3 Å². The normalized spacial score (nSPS) is 11.8. The number of carbonyl (C=O) groups excluding carboxylic acids is 1. The Kier molecular flexibility index (Phi) is 8.33. The second-order valence-corrected chi connectivity index (χ2v) is 8.97. The molecular formula is C21H29N3O5S. The summed E-state index contributed by atoms with van der Waals surface area (Å²) in [6.45, 7) is 8.12. The van der Waals surface area contributed by atoms with E-state index in [1.54, 1.807) is 32.0 Å². The minimum Gasteiger partial charge on any atom is -0.374 e. The molecule has 0 aliphatic rings. The zero-order valence-corrected chi connectivity index (χ0v) is 18.6. The second-order valence-electron chi connectivity index (χ2n) is 7.03. The van der Waals surface area contributed by atoms with Crippen LogP contribution in [0.15, 0.2) is 52.3 Å². The molecule has 1 N–H and O–H groups in total. The van der Waals surface area contributed by atoms with Crippen LogP contribution in [0.4, 0.5) is 5.69 Å². The standard InChI is InChI=1S/C21H29N3O5S/c1-5-24(6-2)30(27,28)19-10-11-21(26)23(13-19)14-20(25)22-18-9-7-8-17(12-18)15-29-16(3)4/h7-13,16H,5-6,14-15H2,1-4H3,(H,22,25). The third kappa shape index (κ3) is 6.25. The van der Waals surface area contributed by atoms with E-state index in [1.165, 1.54) is 16.6 Å². The highest BCUT2D eigenvalue weighted by Crippen LogP contribution is 2.15. The molecule has 0 aliphatic carbocycles. The molecule has 0 bridgehead atoms. The van der Waals surface area contributed by atoms with E-state index in [2.05, 4.69) is 5.32 Å². The first-order chi connectivity index (χ1) is 14.2. The van der Waals surface area contributed by atoms with E-state index in [9.17, 15) is 18.0 Å². The van der Waals surface area contributed by atoms with Crippen molar-refractivity contribution < 1.29 is 17.9 Å². The lowest BCUT2D eigenvalue weighted by Crippen LogP contribution is -2.33. The molecular weight excluding hydrogens is 406 g/mol. The fourth-order valence-electron chi connectivity index (χ4n) is 2.86. The molecule has 0 radical (unpaired) electrons. The van der Waals surface area contributed by atoms with Crippen molar-refractivity contribution in [1.82, 2.24) is 8.87 Å². The van der Waals surface area contributed by atoms with E-state index < -0.39 is 21.5 Å². The summed E-state index contributed by atoms with van der Waals surface area (Å²) in [5, 5.41) is 2.73. The average molecular weight is 436 g/mol. The Balaban J connectivity index is 2.16. The fourth-order valence-corrected chi connectivity index (χ4v) is 4.33. The third-order valence-electron chi connectivity index (χ3n) is 4.41. The van der Waals surface area contributed by atoms with Gasteiger partial charge in [-0.1, -0.05) is 26.0 Å². The molecule has 1 amide bonds. The van der Waals surface area contributed by atoms with Gasteiger partial charge in [0.15, 0.2) is 0 Å². The Morgan fingerprint density at radius 2 is 1.87 bits per heavy atom. The molecule has 1 heterocycles. The number of aromatic nitrogens is 1. The van der Waals surface area contributed by atoms with E-state index in [0.29, 0.717) is 25.4 Å². The van der Waals surface area contributed by atoms with Crippen LogP contribution in [0.3, 0.4) is 0 Å². The number of sulfonamides is 1. The van der Waals surface area contributed by atoms with Gasteiger partial charge in [-0.2, -0.15) is 4.31 Å². The van der Waals surface area contributed by atoms with E-state index in [4.69, 9.17) is 4.74 Å². The maximum Gasteiger partial charge on any atom is 0.251 e. The van der Waals surface area contributed by atoms with Gasteiger partial charge in [-0.3, -0.25) is 9.59 Å². The Hall–Kier alpha value is -2.49. The van der Waals surface area contributed by atoms with Crippen molar-refractivity contribution in [2.45, 2.75) is 51.8 Å². The SMILES string of the molecule is CCN(CC)S(=O)(=O)c1ccc(=O)n(CC(=O)Nc2cccc(COC(C)C)c2)c1. The molecule has 0 saturated heterocycles. The fraction of sp³-hybridized carbons (Fsp3) is 0.429. The molecule has 2 rings (SSSR count). The number of benzene rings is 1. The van der Waals surface area contributed by atoms with Crippen LogP contribution in [0.5, 0.6) is 0 Å². The molecule has 0 atom stereocenters. The van der Waals surface area contributed by atoms with Crippen LogP contribution in [-0.2, 0) is 32.7 Å². The van der Waals surface area contributed by atoms with Gasteiger partial charge in [0.25, 0.3) is 5.56 Å². The van der Waals surface area contributed by atoms with Crippen molar-refractivity contribution in [2.24, 2.45) is 0 Å². The van der Waals surface area contributed by atoms with Crippen molar-refractivity contribution in [3.63, 3.8) is 0 Å². The number of ether oxygens (including phenoxy) is 1. The predicted molar refractivity (Wildman–Crippen MR) is 116 cm³/mol. The van der Waals surface area contributed by atoms with Crippen molar-refractivity contribution in [1.29, 1.82) is 0 Å². The number of rotatable bonds is 10. The highest BCUT2D eigenvalue weighted by Gasteiger charge is 2.22. The van der Waals surface area contributed by atoms with Crippen LogP contribution in [0.2, 0.25) is 0 Å². The number of hydrogen-bond acceptors (Lipinski definition) is 5. The maximum absolute atomic E-state index is 12.7.